The lowest BCUT2D eigenvalue weighted by Gasteiger charge is -2.15. The van der Waals surface area contributed by atoms with E-state index in [0.29, 0.717) is 6.61 Å². The first kappa shape index (κ1) is 16.0. The number of nitrogens with one attached hydrogen (secondary N) is 2. The Kier molecular flexibility index (Phi) is 5.91. The van der Waals surface area contributed by atoms with Crippen molar-refractivity contribution < 1.29 is 9.53 Å². The molecule has 1 aromatic carbocycles. The molecule has 2 rings (SSSR count). The topological polar surface area (TPSA) is 63.2 Å². The first-order valence-corrected chi connectivity index (χ1v) is 7.29. The Morgan fingerprint density at radius 1 is 1.32 bits per heavy atom. The molecule has 0 aliphatic heterocycles. The predicted molar refractivity (Wildman–Crippen MR) is 86.9 cm³/mol. The van der Waals surface area contributed by atoms with E-state index < -0.39 is 0 Å². The molecule has 0 radical (unpaired) electrons. The zero-order valence-corrected chi connectivity index (χ0v) is 12.9. The van der Waals surface area contributed by atoms with E-state index in [4.69, 9.17) is 4.74 Å². The van der Waals surface area contributed by atoms with Crippen LogP contribution < -0.4 is 15.4 Å². The highest BCUT2D eigenvalue weighted by Gasteiger charge is 2.06. The maximum Gasteiger partial charge on any atom is 0.221 e. The first-order valence-electron chi connectivity index (χ1n) is 7.29. The van der Waals surface area contributed by atoms with Crippen LogP contribution in [0.25, 0.3) is 0 Å². The van der Waals surface area contributed by atoms with Crippen molar-refractivity contribution in [2.75, 3.05) is 18.5 Å². The van der Waals surface area contributed by atoms with Crippen LogP contribution in [0, 0.1) is 0 Å². The van der Waals surface area contributed by atoms with Crippen molar-refractivity contribution in [3.8, 4) is 5.75 Å². The van der Waals surface area contributed by atoms with Gasteiger partial charge in [-0.25, -0.2) is 0 Å². The minimum atomic E-state index is -0.0670. The molecular formula is C17H21N3O2. The van der Waals surface area contributed by atoms with E-state index in [1.54, 1.807) is 12.4 Å². The molecular weight excluding hydrogens is 278 g/mol. The van der Waals surface area contributed by atoms with Gasteiger partial charge in [0.15, 0.2) is 0 Å². The molecule has 0 aliphatic carbocycles. The van der Waals surface area contributed by atoms with Crippen LogP contribution in [0.15, 0.2) is 48.8 Å². The standard InChI is InChI=1S/C17H21N3O2/c1-13(15-5-3-6-16(11-15)20-14(2)21)19-9-10-22-17-7-4-8-18-12-17/h3-8,11-13,19H,9-10H2,1-2H3,(H,20,21)/t13-/m0/s1. The molecule has 0 unspecified atom stereocenters. The number of rotatable bonds is 7. The fourth-order valence-corrected chi connectivity index (χ4v) is 2.08. The molecule has 0 saturated carbocycles. The maximum absolute atomic E-state index is 11.1. The number of anilines is 1. The highest BCUT2D eigenvalue weighted by molar-refractivity contribution is 5.88. The number of ether oxygens (including phenoxy) is 1. The van der Waals surface area contributed by atoms with Gasteiger partial charge in [0.2, 0.25) is 5.91 Å². The molecule has 1 aromatic heterocycles. The second kappa shape index (κ2) is 8.14. The van der Waals surface area contributed by atoms with E-state index in [9.17, 15) is 4.79 Å². The summed E-state index contributed by atoms with van der Waals surface area (Å²) in [4.78, 5) is 15.1. The normalized spacial score (nSPS) is 11.7. The van der Waals surface area contributed by atoms with Crippen LogP contribution in [0.2, 0.25) is 0 Å². The van der Waals surface area contributed by atoms with Gasteiger partial charge in [-0.15, -0.1) is 0 Å². The third-order valence-corrected chi connectivity index (χ3v) is 3.16. The maximum atomic E-state index is 11.1. The monoisotopic (exact) mass is 299 g/mol. The summed E-state index contributed by atoms with van der Waals surface area (Å²) >= 11 is 0. The summed E-state index contributed by atoms with van der Waals surface area (Å²) in [7, 11) is 0. The number of nitrogens with zero attached hydrogens (tertiary/aromatic N) is 1. The van der Waals surface area contributed by atoms with Gasteiger partial charge in [-0.1, -0.05) is 12.1 Å². The number of hydrogen-bond acceptors (Lipinski definition) is 4. The van der Waals surface area contributed by atoms with Crippen LogP contribution in [0.3, 0.4) is 0 Å². The van der Waals surface area contributed by atoms with Crippen molar-refractivity contribution in [1.82, 2.24) is 10.3 Å². The molecule has 0 aliphatic rings. The highest BCUT2D eigenvalue weighted by atomic mass is 16.5. The quantitative estimate of drug-likeness (QED) is 0.772. The number of pyridine rings is 1. The molecule has 0 fully saturated rings. The number of benzene rings is 1. The van der Waals surface area contributed by atoms with Crippen LogP contribution in [-0.2, 0) is 4.79 Å². The van der Waals surface area contributed by atoms with Crippen molar-refractivity contribution in [2.24, 2.45) is 0 Å². The largest absolute Gasteiger partial charge is 0.491 e. The lowest BCUT2D eigenvalue weighted by atomic mass is 10.1. The molecule has 2 N–H and O–H groups in total. The van der Waals surface area contributed by atoms with Crippen LogP contribution in [0.4, 0.5) is 5.69 Å². The van der Waals surface area contributed by atoms with Gasteiger partial charge in [0.1, 0.15) is 12.4 Å². The number of carbonyl (C=O) groups is 1. The predicted octanol–water partition coefficient (Wildman–Crippen LogP) is 2.77. The van der Waals surface area contributed by atoms with Crippen LogP contribution in [0.1, 0.15) is 25.5 Å². The minimum absolute atomic E-state index is 0.0670. The van der Waals surface area contributed by atoms with E-state index in [2.05, 4.69) is 22.5 Å². The lowest BCUT2D eigenvalue weighted by Crippen LogP contribution is -2.24. The summed E-state index contributed by atoms with van der Waals surface area (Å²) in [5.74, 6) is 0.701. The summed E-state index contributed by atoms with van der Waals surface area (Å²) in [5.41, 5.74) is 1.93. The van der Waals surface area contributed by atoms with E-state index in [1.807, 2.05) is 36.4 Å². The van der Waals surface area contributed by atoms with Crippen molar-refractivity contribution >= 4 is 11.6 Å². The van der Waals surface area contributed by atoms with Gasteiger partial charge in [-0.2, -0.15) is 0 Å². The Morgan fingerprint density at radius 3 is 2.91 bits per heavy atom. The summed E-state index contributed by atoms with van der Waals surface area (Å²) in [5, 5.41) is 6.18. The number of amides is 1. The molecule has 116 valence electrons. The van der Waals surface area contributed by atoms with Crippen molar-refractivity contribution in [3.63, 3.8) is 0 Å². The molecule has 1 atom stereocenters. The summed E-state index contributed by atoms with van der Waals surface area (Å²) < 4.78 is 5.59. The fraction of sp³-hybridized carbons (Fsp3) is 0.294. The average Bonchev–Trinajstić information content (AvgIpc) is 2.52. The molecule has 0 saturated heterocycles. The summed E-state index contributed by atoms with van der Waals surface area (Å²) in [6, 6.07) is 11.7. The molecule has 1 amide bonds. The zero-order valence-electron chi connectivity index (χ0n) is 12.9. The summed E-state index contributed by atoms with van der Waals surface area (Å²) in [6.45, 7) is 4.88. The van der Waals surface area contributed by atoms with Crippen LogP contribution >= 0.6 is 0 Å². The van der Waals surface area contributed by atoms with Crippen molar-refractivity contribution in [2.45, 2.75) is 19.9 Å². The van der Waals surface area contributed by atoms with Crippen molar-refractivity contribution in [3.05, 3.63) is 54.4 Å². The molecule has 2 aromatic rings. The molecule has 0 bridgehead atoms. The SMILES string of the molecule is CC(=O)Nc1cccc([C@H](C)NCCOc2cccnc2)c1. The fourth-order valence-electron chi connectivity index (χ4n) is 2.08. The smallest absolute Gasteiger partial charge is 0.221 e. The van der Waals surface area contributed by atoms with Gasteiger partial charge in [0.05, 0.1) is 6.20 Å². The Hall–Kier alpha value is -2.40. The second-order valence-corrected chi connectivity index (χ2v) is 5.02. The second-order valence-electron chi connectivity index (χ2n) is 5.02. The van der Waals surface area contributed by atoms with E-state index in [-0.39, 0.29) is 11.9 Å². The lowest BCUT2D eigenvalue weighted by molar-refractivity contribution is -0.114. The van der Waals surface area contributed by atoms with E-state index >= 15 is 0 Å². The van der Waals surface area contributed by atoms with Crippen molar-refractivity contribution in [1.29, 1.82) is 0 Å². The minimum Gasteiger partial charge on any atom is -0.491 e. The summed E-state index contributed by atoms with van der Waals surface area (Å²) in [6.07, 6.45) is 3.41. The third kappa shape index (κ3) is 5.18. The van der Waals surface area contributed by atoms with Gasteiger partial charge >= 0.3 is 0 Å². The molecule has 1 heterocycles. The first-order chi connectivity index (χ1) is 10.6. The highest BCUT2D eigenvalue weighted by Crippen LogP contribution is 2.17. The Bertz CT molecular complexity index is 602. The van der Waals surface area contributed by atoms with Gasteiger partial charge in [-0.05, 0) is 36.8 Å². The molecule has 0 spiro atoms. The van der Waals surface area contributed by atoms with Crippen LogP contribution in [0.5, 0.6) is 5.75 Å². The average molecular weight is 299 g/mol. The van der Waals surface area contributed by atoms with Gasteiger partial charge < -0.3 is 15.4 Å². The molecule has 5 nitrogen and oxygen atoms in total. The van der Waals surface area contributed by atoms with E-state index in [1.165, 1.54) is 6.92 Å². The van der Waals surface area contributed by atoms with Crippen LogP contribution in [-0.4, -0.2) is 24.0 Å². The zero-order chi connectivity index (χ0) is 15.8. The molecule has 5 heteroatoms. The Labute approximate surface area is 130 Å². The van der Waals surface area contributed by atoms with E-state index in [0.717, 1.165) is 23.5 Å². The Morgan fingerprint density at radius 2 is 2.18 bits per heavy atom. The molecule has 22 heavy (non-hydrogen) atoms. The number of carbonyl (C=O) groups excluding carboxylic acids is 1. The Balaban J connectivity index is 1.79. The third-order valence-electron chi connectivity index (χ3n) is 3.16. The number of hydrogen-bond donors (Lipinski definition) is 2. The van der Waals surface area contributed by atoms with Gasteiger partial charge in [-0.3, -0.25) is 9.78 Å². The van der Waals surface area contributed by atoms with Gasteiger partial charge in [0, 0.05) is 31.4 Å². The number of aromatic nitrogens is 1. The van der Waals surface area contributed by atoms with Gasteiger partial charge in [0.25, 0.3) is 0 Å².